The Labute approximate surface area is 543 Å². The number of nitrogens with zero attached hydrogens (tertiary/aromatic N) is 10. The second-order valence-corrected chi connectivity index (χ2v) is 24.5. The molecule has 2 aliphatic heterocycles. The van der Waals surface area contributed by atoms with Crippen molar-refractivity contribution < 1.29 is 53.8 Å². The molecule has 4 fully saturated rings. The molecule has 0 spiro atoms. The van der Waals surface area contributed by atoms with E-state index in [9.17, 15) is 34.8 Å². The van der Waals surface area contributed by atoms with Crippen LogP contribution >= 0.6 is 0 Å². The minimum atomic E-state index is -1.24. The maximum atomic E-state index is 14.1. The first-order chi connectivity index (χ1) is 45.6. The number of rotatable bonds is 24. The molecule has 4 aliphatic rings. The average Bonchev–Trinajstić information content (AvgIpc) is 1.60. The molecule has 10 N–H and O–H groups in total. The topological polar surface area (TPSA) is 335 Å². The summed E-state index contributed by atoms with van der Waals surface area (Å²) in [5, 5.41) is 64.8. The summed E-state index contributed by atoms with van der Waals surface area (Å²) in [5.74, 6) is 3.69. The van der Waals surface area contributed by atoms with Crippen LogP contribution in [-0.2, 0) is 9.59 Å². The first kappa shape index (κ1) is 64.5. The van der Waals surface area contributed by atoms with Crippen molar-refractivity contribution in [1.82, 2.24) is 60.3 Å². The third-order valence-electron chi connectivity index (χ3n) is 18.8. The zero-order chi connectivity index (χ0) is 65.7. The van der Waals surface area contributed by atoms with Gasteiger partial charge in [0.15, 0.2) is 34.0 Å². The summed E-state index contributed by atoms with van der Waals surface area (Å²) in [6.07, 6.45) is 0.286. The molecule has 10 atom stereocenters. The number of urea groups is 1. The van der Waals surface area contributed by atoms with E-state index in [4.69, 9.17) is 48.9 Å². The van der Waals surface area contributed by atoms with Gasteiger partial charge in [0, 0.05) is 76.0 Å². The molecule has 12 rings (SSSR count). The van der Waals surface area contributed by atoms with E-state index >= 15 is 0 Å². The fourth-order valence-corrected chi connectivity index (χ4v) is 13.4. The van der Waals surface area contributed by atoms with Gasteiger partial charge in [-0.3, -0.25) is 9.59 Å². The summed E-state index contributed by atoms with van der Waals surface area (Å²) in [6.45, 7) is 5.95. The molecule has 4 amide bonds. The van der Waals surface area contributed by atoms with Gasteiger partial charge < -0.3 is 90.2 Å². The van der Waals surface area contributed by atoms with Crippen LogP contribution in [-0.4, -0.2) is 194 Å². The Morgan fingerprint density at radius 3 is 1.15 bits per heavy atom. The van der Waals surface area contributed by atoms with Crippen LogP contribution < -0.4 is 60.6 Å². The highest BCUT2D eigenvalue weighted by molar-refractivity contribution is 5.86. The molecular weight excluding hydrogens is 1200 g/mol. The molecule has 2 aliphatic carbocycles. The molecule has 2 saturated heterocycles. The van der Waals surface area contributed by atoms with Gasteiger partial charge in [0.25, 0.3) is 0 Å². The Balaban J connectivity index is 0.777. The molecular formula is C67H82N16O11. The number of imidazole rings is 2. The van der Waals surface area contributed by atoms with E-state index in [0.717, 1.165) is 45.3 Å². The number of benzene rings is 4. The number of hydrogen-bond donors (Lipinski definition) is 10. The number of aliphatic hydroxyl groups excluding tert-OH is 4. The number of hydrogen-bond acceptors (Lipinski definition) is 21. The highest BCUT2D eigenvalue weighted by Gasteiger charge is 2.46. The van der Waals surface area contributed by atoms with Crippen LogP contribution in [0.2, 0.25) is 0 Å². The number of anilines is 4. The van der Waals surface area contributed by atoms with Gasteiger partial charge in [0.1, 0.15) is 47.4 Å². The highest BCUT2D eigenvalue weighted by atomic mass is 16.5. The van der Waals surface area contributed by atoms with E-state index in [1.807, 2.05) is 107 Å². The molecule has 4 aromatic carbocycles. The minimum absolute atomic E-state index is 0.173. The van der Waals surface area contributed by atoms with Gasteiger partial charge in [0.05, 0.1) is 65.3 Å². The predicted molar refractivity (Wildman–Crippen MR) is 352 cm³/mol. The Morgan fingerprint density at radius 2 is 0.830 bits per heavy atom. The fourth-order valence-electron chi connectivity index (χ4n) is 13.4. The SMILES string of the molecule is CCC(=O)N[C@H]1C[C@@H](n2cnc3c(NCC(c4ccc(OC)cc4)c4ccc(OC)cc4)nc(N4CC[C@@H](NC(=O)N[C@@H]5CCN(c6nc(NCC(c7ccc(OC)cc7)c7ccc(OC)cc7)c7ncn([C@@H]8C[C@H](NC(=O)CC)[C@@H](O)[C@H]8O)c7n6)C5)C4)nc32)[C@H](O)[C@@H]1O. The second-order valence-electron chi connectivity index (χ2n) is 24.5. The van der Waals surface area contributed by atoms with Crippen molar-refractivity contribution in [3.8, 4) is 23.0 Å². The van der Waals surface area contributed by atoms with Gasteiger partial charge in [0.2, 0.25) is 23.7 Å². The van der Waals surface area contributed by atoms with E-state index in [2.05, 4.69) is 31.9 Å². The van der Waals surface area contributed by atoms with Crippen molar-refractivity contribution in [3.63, 3.8) is 0 Å². The van der Waals surface area contributed by atoms with Crippen LogP contribution in [0.15, 0.2) is 110 Å². The number of aliphatic hydroxyl groups is 4. The zero-order valence-corrected chi connectivity index (χ0v) is 53.4. The number of nitrogens with one attached hydrogen (secondary N) is 6. The largest absolute Gasteiger partial charge is 0.497 e. The summed E-state index contributed by atoms with van der Waals surface area (Å²) in [4.78, 5) is 73.2. The van der Waals surface area contributed by atoms with Crippen molar-refractivity contribution in [2.24, 2.45) is 0 Å². The van der Waals surface area contributed by atoms with Crippen LogP contribution in [0.25, 0.3) is 22.3 Å². The number of amides is 4. The second kappa shape index (κ2) is 28.3. The van der Waals surface area contributed by atoms with Crippen LogP contribution in [0.4, 0.5) is 28.3 Å². The van der Waals surface area contributed by atoms with Gasteiger partial charge in [-0.05, 0) is 96.5 Å². The monoisotopic (exact) mass is 1290 g/mol. The van der Waals surface area contributed by atoms with Crippen LogP contribution in [0.3, 0.4) is 0 Å². The first-order valence-corrected chi connectivity index (χ1v) is 32.0. The van der Waals surface area contributed by atoms with Crippen LogP contribution in [0.5, 0.6) is 23.0 Å². The molecule has 94 heavy (non-hydrogen) atoms. The lowest BCUT2D eigenvalue weighted by atomic mass is 9.91. The Morgan fingerprint density at radius 1 is 0.489 bits per heavy atom. The molecule has 27 heteroatoms. The maximum absolute atomic E-state index is 14.1. The number of carbonyl (C=O) groups is 3. The van der Waals surface area contributed by atoms with Gasteiger partial charge in [-0.15, -0.1) is 0 Å². The third kappa shape index (κ3) is 13.6. The van der Waals surface area contributed by atoms with Gasteiger partial charge >= 0.3 is 6.03 Å². The predicted octanol–water partition coefficient (Wildman–Crippen LogP) is 4.77. The van der Waals surface area contributed by atoms with Crippen molar-refractivity contribution in [1.29, 1.82) is 0 Å². The third-order valence-corrected chi connectivity index (χ3v) is 18.8. The van der Waals surface area contributed by atoms with E-state index in [1.54, 1.807) is 64.1 Å². The van der Waals surface area contributed by atoms with Gasteiger partial charge in [-0.2, -0.15) is 19.9 Å². The van der Waals surface area contributed by atoms with Crippen LogP contribution in [0, 0.1) is 0 Å². The lowest BCUT2D eigenvalue weighted by Crippen LogP contribution is -2.48. The molecule has 8 aromatic rings. The van der Waals surface area contributed by atoms with E-state index < -0.39 is 48.6 Å². The smallest absolute Gasteiger partial charge is 0.315 e. The van der Waals surface area contributed by atoms with Crippen molar-refractivity contribution >= 4 is 63.7 Å². The fraction of sp³-hybridized carbons (Fsp3) is 0.448. The van der Waals surface area contributed by atoms with E-state index in [0.29, 0.717) is 98.0 Å². The average molecular weight is 1290 g/mol. The molecule has 0 unspecified atom stereocenters. The standard InChI is InChI=1S/C67H82N16O11/c1-7-53(84)74-49-29-51(59(88)57(49)86)82-35-70-55-61(68-31-47(37-9-17-43(91-3)18-10-37)38-11-19-44(92-4)20-12-38)76-65(78-63(55)82)80-27-25-41(33-80)72-67(90)73-42-26-28-81(34-42)66-77-62(56-64(79-66)83(36-71-56)52-30-50(58(87)60(52)89)75-54(85)8-2)69-32-48(39-13-21-45(93-5)22-14-39)40-15-23-46(94-6)24-16-40/h9-24,35-36,41-42,47-52,57-60,86-89H,7-8,25-34H2,1-6H3,(H,74,84)(H,75,85)(H,68,76,78)(H,69,77,79)(H2,72,73,90)/t41-,42-,49+,50+,51-,52-,57-,58-,59+,60+/m1/s1. The molecule has 27 nitrogen and oxygen atoms in total. The van der Waals surface area contributed by atoms with E-state index in [-0.39, 0.29) is 67.4 Å². The molecule has 2 saturated carbocycles. The Kier molecular flexibility index (Phi) is 19.5. The molecule has 0 radical (unpaired) electrons. The van der Waals surface area contributed by atoms with Crippen LogP contribution in [0.1, 0.15) is 98.5 Å². The molecule has 4 aromatic heterocycles. The molecule has 6 heterocycles. The summed E-state index contributed by atoms with van der Waals surface area (Å²) in [6, 6.07) is 27.9. The summed E-state index contributed by atoms with van der Waals surface area (Å²) in [5.41, 5.74) is 5.79. The minimum Gasteiger partial charge on any atom is -0.497 e. The lowest BCUT2D eigenvalue weighted by Gasteiger charge is -2.23. The lowest BCUT2D eigenvalue weighted by molar-refractivity contribution is -0.123. The molecule has 0 bridgehead atoms. The highest BCUT2D eigenvalue weighted by Crippen LogP contribution is 2.39. The van der Waals surface area contributed by atoms with Gasteiger partial charge in [-0.1, -0.05) is 62.4 Å². The van der Waals surface area contributed by atoms with Crippen molar-refractivity contribution in [2.45, 2.75) is 125 Å². The first-order valence-electron chi connectivity index (χ1n) is 32.0. The summed E-state index contributed by atoms with van der Waals surface area (Å²) >= 11 is 0. The number of ether oxygens (including phenoxy) is 4. The van der Waals surface area contributed by atoms with Crippen molar-refractivity contribution in [2.75, 3.05) is 88.1 Å². The number of fused-ring (bicyclic) bond motifs is 2. The Hall–Kier alpha value is -9.57. The quantitative estimate of drug-likeness (QED) is 0.0389. The number of methoxy groups -OCH3 is 4. The summed E-state index contributed by atoms with van der Waals surface area (Å²) in [7, 11) is 6.52. The molecule has 496 valence electrons. The zero-order valence-electron chi connectivity index (χ0n) is 53.4. The summed E-state index contributed by atoms with van der Waals surface area (Å²) < 4.78 is 25.5. The maximum Gasteiger partial charge on any atom is 0.315 e. The Bertz CT molecular complexity index is 3590. The number of carbonyl (C=O) groups excluding carboxylic acids is 3. The number of aromatic nitrogens is 8. The normalized spacial score (nSPS) is 22.7. The van der Waals surface area contributed by atoms with Crippen molar-refractivity contribution in [3.05, 3.63) is 132 Å². The van der Waals surface area contributed by atoms with Gasteiger partial charge in [-0.25, -0.2) is 14.8 Å². The van der Waals surface area contributed by atoms with E-state index in [1.165, 1.54) is 0 Å².